The van der Waals surface area contributed by atoms with Gasteiger partial charge in [-0.05, 0) is 25.0 Å². The van der Waals surface area contributed by atoms with Crippen LogP contribution in [0.3, 0.4) is 0 Å². The molecule has 2 nitrogen and oxygen atoms in total. The molecule has 0 aliphatic carbocycles. The molecule has 0 N–H and O–H groups in total. The molecular formula is C9H13NO. The monoisotopic (exact) mass is 151 g/mol. The van der Waals surface area contributed by atoms with Gasteiger partial charge in [0.25, 0.3) is 5.56 Å². The summed E-state index contributed by atoms with van der Waals surface area (Å²) in [6, 6.07) is 1.97. The summed E-state index contributed by atoms with van der Waals surface area (Å²) < 4.78 is 1.62. The van der Waals surface area contributed by atoms with Crippen LogP contribution in [0.1, 0.15) is 18.1 Å². The van der Waals surface area contributed by atoms with Crippen LogP contribution in [-0.2, 0) is 13.5 Å². The van der Waals surface area contributed by atoms with Crippen molar-refractivity contribution in [2.45, 2.75) is 20.3 Å². The summed E-state index contributed by atoms with van der Waals surface area (Å²) in [5, 5.41) is 0. The van der Waals surface area contributed by atoms with E-state index in [-0.39, 0.29) is 5.56 Å². The second-order valence-electron chi connectivity index (χ2n) is 2.75. The maximum absolute atomic E-state index is 11.4. The van der Waals surface area contributed by atoms with E-state index in [1.165, 1.54) is 0 Å². The number of rotatable bonds is 1. The van der Waals surface area contributed by atoms with Crippen LogP contribution < -0.4 is 5.56 Å². The van der Waals surface area contributed by atoms with E-state index >= 15 is 0 Å². The van der Waals surface area contributed by atoms with E-state index < -0.39 is 0 Å². The molecule has 0 fully saturated rings. The molecule has 60 valence electrons. The Morgan fingerprint density at radius 1 is 1.55 bits per heavy atom. The van der Waals surface area contributed by atoms with Gasteiger partial charge in [-0.2, -0.15) is 0 Å². The van der Waals surface area contributed by atoms with Gasteiger partial charge in [-0.1, -0.05) is 6.92 Å². The van der Waals surface area contributed by atoms with Crippen LogP contribution in [0, 0.1) is 6.92 Å². The van der Waals surface area contributed by atoms with Crippen LogP contribution in [0.25, 0.3) is 0 Å². The Balaban J connectivity index is 3.41. The average Bonchev–Trinajstić information content (AvgIpc) is 1.99. The zero-order valence-corrected chi connectivity index (χ0v) is 7.22. The molecule has 1 aromatic heterocycles. The molecule has 0 atom stereocenters. The van der Waals surface area contributed by atoms with E-state index in [1.54, 1.807) is 17.8 Å². The van der Waals surface area contributed by atoms with Gasteiger partial charge in [0.05, 0.1) is 0 Å². The van der Waals surface area contributed by atoms with Gasteiger partial charge in [0, 0.05) is 18.8 Å². The van der Waals surface area contributed by atoms with Crippen molar-refractivity contribution >= 4 is 0 Å². The smallest absolute Gasteiger partial charge is 0.253 e. The van der Waals surface area contributed by atoms with Gasteiger partial charge in [0.1, 0.15) is 0 Å². The third-order valence-electron chi connectivity index (χ3n) is 1.96. The summed E-state index contributed by atoms with van der Waals surface area (Å²) in [7, 11) is 1.78. The first kappa shape index (κ1) is 8.05. The predicted molar refractivity (Wildman–Crippen MR) is 45.8 cm³/mol. The second-order valence-corrected chi connectivity index (χ2v) is 2.75. The number of aromatic nitrogens is 1. The number of nitrogens with zero attached hydrogens (tertiary/aromatic N) is 1. The molecule has 1 heterocycles. The normalized spacial score (nSPS) is 10.1. The van der Waals surface area contributed by atoms with Crippen LogP contribution in [0.15, 0.2) is 17.1 Å². The van der Waals surface area contributed by atoms with E-state index in [0.29, 0.717) is 0 Å². The zero-order chi connectivity index (χ0) is 8.43. The first-order chi connectivity index (χ1) is 5.16. The molecule has 0 aromatic carbocycles. The summed E-state index contributed by atoms with van der Waals surface area (Å²) in [5.74, 6) is 0. The third-order valence-corrected chi connectivity index (χ3v) is 1.96. The van der Waals surface area contributed by atoms with Gasteiger partial charge < -0.3 is 4.57 Å². The number of pyridine rings is 1. The van der Waals surface area contributed by atoms with Crippen LogP contribution in [0.4, 0.5) is 0 Å². The minimum Gasteiger partial charge on any atom is -0.318 e. The molecule has 0 aliphatic heterocycles. The molecule has 1 aromatic rings. The quantitative estimate of drug-likeness (QED) is 0.592. The maximum Gasteiger partial charge on any atom is 0.253 e. The predicted octanol–water partition coefficient (Wildman–Crippen LogP) is 1.26. The SMILES string of the molecule is CCc1c(C)ccn(C)c1=O. The minimum absolute atomic E-state index is 0.132. The van der Waals surface area contributed by atoms with E-state index in [9.17, 15) is 4.79 Å². The fourth-order valence-corrected chi connectivity index (χ4v) is 1.20. The fourth-order valence-electron chi connectivity index (χ4n) is 1.20. The van der Waals surface area contributed by atoms with Crippen molar-refractivity contribution in [2.75, 3.05) is 0 Å². The summed E-state index contributed by atoms with van der Waals surface area (Å²) >= 11 is 0. The molecule has 0 spiro atoms. The molecule has 0 saturated heterocycles. The Hall–Kier alpha value is -1.05. The highest BCUT2D eigenvalue weighted by Gasteiger charge is 2.01. The van der Waals surface area contributed by atoms with Crippen molar-refractivity contribution in [1.82, 2.24) is 4.57 Å². The Bertz CT molecular complexity index is 312. The van der Waals surface area contributed by atoms with Gasteiger partial charge in [0.15, 0.2) is 0 Å². The molecule has 0 bridgehead atoms. The van der Waals surface area contributed by atoms with Crippen molar-refractivity contribution in [3.05, 3.63) is 33.7 Å². The van der Waals surface area contributed by atoms with Gasteiger partial charge in [-0.25, -0.2) is 0 Å². The molecule has 0 radical (unpaired) electrons. The molecule has 0 saturated carbocycles. The van der Waals surface area contributed by atoms with Crippen molar-refractivity contribution in [3.8, 4) is 0 Å². The first-order valence-corrected chi connectivity index (χ1v) is 3.82. The summed E-state index contributed by atoms with van der Waals surface area (Å²) in [5.41, 5.74) is 2.15. The highest BCUT2D eigenvalue weighted by Crippen LogP contribution is 2.00. The molecule has 0 aliphatic rings. The molecule has 0 unspecified atom stereocenters. The highest BCUT2D eigenvalue weighted by atomic mass is 16.1. The molecule has 1 rings (SSSR count). The summed E-state index contributed by atoms with van der Waals surface area (Å²) in [6.07, 6.45) is 2.62. The number of hydrogen-bond acceptors (Lipinski definition) is 1. The van der Waals surface area contributed by atoms with Crippen molar-refractivity contribution in [2.24, 2.45) is 7.05 Å². The zero-order valence-electron chi connectivity index (χ0n) is 7.22. The second kappa shape index (κ2) is 2.91. The van der Waals surface area contributed by atoms with Gasteiger partial charge in [0.2, 0.25) is 0 Å². The fraction of sp³-hybridized carbons (Fsp3) is 0.444. The van der Waals surface area contributed by atoms with Crippen molar-refractivity contribution in [3.63, 3.8) is 0 Å². The Morgan fingerprint density at radius 3 is 2.64 bits per heavy atom. The summed E-state index contributed by atoms with van der Waals surface area (Å²) in [6.45, 7) is 3.98. The van der Waals surface area contributed by atoms with E-state index in [0.717, 1.165) is 17.5 Å². The Morgan fingerprint density at radius 2 is 2.18 bits per heavy atom. The standard InChI is InChI=1S/C9H13NO/c1-4-8-7(2)5-6-10(3)9(8)11/h5-6H,4H2,1-3H3. The Kier molecular flexibility index (Phi) is 2.13. The van der Waals surface area contributed by atoms with E-state index in [4.69, 9.17) is 0 Å². The number of hydrogen-bond donors (Lipinski definition) is 0. The topological polar surface area (TPSA) is 22.0 Å². The van der Waals surface area contributed by atoms with Gasteiger partial charge in [-0.3, -0.25) is 4.79 Å². The van der Waals surface area contributed by atoms with Gasteiger partial charge >= 0.3 is 0 Å². The lowest BCUT2D eigenvalue weighted by Crippen LogP contribution is -2.20. The third kappa shape index (κ3) is 1.34. The lowest BCUT2D eigenvalue weighted by Gasteiger charge is -2.03. The maximum atomic E-state index is 11.4. The van der Waals surface area contributed by atoms with Crippen LogP contribution in [-0.4, -0.2) is 4.57 Å². The van der Waals surface area contributed by atoms with E-state index in [2.05, 4.69) is 0 Å². The Labute approximate surface area is 66.5 Å². The van der Waals surface area contributed by atoms with Gasteiger partial charge in [-0.15, -0.1) is 0 Å². The lowest BCUT2D eigenvalue weighted by atomic mass is 10.1. The first-order valence-electron chi connectivity index (χ1n) is 3.82. The van der Waals surface area contributed by atoms with Crippen LogP contribution >= 0.6 is 0 Å². The van der Waals surface area contributed by atoms with E-state index in [1.807, 2.05) is 19.9 Å². The van der Waals surface area contributed by atoms with Crippen LogP contribution in [0.5, 0.6) is 0 Å². The van der Waals surface area contributed by atoms with Crippen molar-refractivity contribution in [1.29, 1.82) is 0 Å². The molecular weight excluding hydrogens is 138 g/mol. The summed E-state index contributed by atoms with van der Waals surface area (Å²) in [4.78, 5) is 11.4. The largest absolute Gasteiger partial charge is 0.318 e. The number of aryl methyl sites for hydroxylation is 2. The molecule has 2 heteroatoms. The minimum atomic E-state index is 0.132. The molecule has 11 heavy (non-hydrogen) atoms. The van der Waals surface area contributed by atoms with Crippen molar-refractivity contribution < 1.29 is 0 Å². The molecule has 0 amide bonds. The lowest BCUT2D eigenvalue weighted by molar-refractivity contribution is 0.828. The highest BCUT2D eigenvalue weighted by molar-refractivity contribution is 5.21. The van der Waals surface area contributed by atoms with Crippen LogP contribution in [0.2, 0.25) is 0 Å². The average molecular weight is 151 g/mol.